The van der Waals surface area contributed by atoms with Gasteiger partial charge >= 0.3 is 6.03 Å². The van der Waals surface area contributed by atoms with Crippen molar-refractivity contribution in [2.45, 2.75) is 31.2 Å². The number of thioether (sulfide) groups is 1. The van der Waals surface area contributed by atoms with E-state index in [-0.39, 0.29) is 0 Å². The Bertz CT molecular complexity index is 730. The molecule has 3 amide bonds. The highest BCUT2D eigenvalue weighted by Gasteiger charge is 2.20. The molecule has 2 rings (SSSR count). The summed E-state index contributed by atoms with van der Waals surface area (Å²) >= 11 is 1.18. The van der Waals surface area contributed by atoms with E-state index in [4.69, 9.17) is 0 Å². The number of urea groups is 1. The van der Waals surface area contributed by atoms with Crippen molar-refractivity contribution in [3.8, 4) is 5.69 Å². The Kier molecular flexibility index (Phi) is 5.32. The van der Waals surface area contributed by atoms with Crippen LogP contribution in [0, 0.1) is 13.8 Å². The molecule has 23 heavy (non-hydrogen) atoms. The molecule has 0 bridgehead atoms. The number of amides is 3. The van der Waals surface area contributed by atoms with Gasteiger partial charge < -0.3 is 5.32 Å². The molecule has 0 radical (unpaired) electrons. The second kappa shape index (κ2) is 7.23. The smallest absolute Gasteiger partial charge is 0.321 e. The zero-order chi connectivity index (χ0) is 17.0. The minimum Gasteiger partial charge on any atom is -0.341 e. The van der Waals surface area contributed by atoms with Crippen LogP contribution in [0.25, 0.3) is 5.69 Å². The van der Waals surface area contributed by atoms with Crippen LogP contribution in [0.15, 0.2) is 23.4 Å². The van der Waals surface area contributed by atoms with Crippen molar-refractivity contribution in [1.29, 1.82) is 0 Å². The number of carbonyl (C=O) groups excluding carboxylic acids is 2. The molecule has 0 aliphatic heterocycles. The van der Waals surface area contributed by atoms with Crippen LogP contribution < -0.4 is 10.6 Å². The summed E-state index contributed by atoms with van der Waals surface area (Å²) in [6.07, 6.45) is 0. The van der Waals surface area contributed by atoms with Gasteiger partial charge in [-0.05, 0) is 54.5 Å². The van der Waals surface area contributed by atoms with E-state index in [0.29, 0.717) is 5.16 Å². The van der Waals surface area contributed by atoms with Crippen molar-refractivity contribution in [3.63, 3.8) is 0 Å². The summed E-state index contributed by atoms with van der Waals surface area (Å²) in [5.41, 5.74) is 3.12. The molecule has 0 fully saturated rings. The fraction of sp³-hybridized carbons (Fsp3) is 0.357. The van der Waals surface area contributed by atoms with Crippen molar-refractivity contribution in [2.24, 2.45) is 0 Å². The van der Waals surface area contributed by atoms with Gasteiger partial charge in [-0.1, -0.05) is 17.8 Å². The monoisotopic (exact) mass is 334 g/mol. The zero-order valence-electron chi connectivity index (χ0n) is 13.3. The maximum Gasteiger partial charge on any atom is 0.321 e. The molecular formula is C14H18N6O2S. The number of benzene rings is 1. The number of aryl methyl sites for hydroxylation is 2. The predicted octanol–water partition coefficient (Wildman–Crippen LogP) is 1.22. The number of rotatable bonds is 4. The SMILES string of the molecule is CNC(=O)NC(=O)[C@H](C)Sc1nnnn1-c1ccc(C)c(C)c1. The Morgan fingerprint density at radius 3 is 2.65 bits per heavy atom. The normalized spacial score (nSPS) is 11.8. The van der Waals surface area contributed by atoms with E-state index in [1.54, 1.807) is 11.6 Å². The molecule has 2 aromatic rings. The molecule has 0 saturated carbocycles. The minimum absolute atomic E-state index is 0.413. The molecule has 1 heterocycles. The number of aromatic nitrogens is 4. The van der Waals surface area contributed by atoms with Gasteiger partial charge in [0.2, 0.25) is 11.1 Å². The lowest BCUT2D eigenvalue weighted by atomic mass is 10.1. The van der Waals surface area contributed by atoms with E-state index >= 15 is 0 Å². The van der Waals surface area contributed by atoms with Crippen LogP contribution in [0.2, 0.25) is 0 Å². The third-order valence-corrected chi connectivity index (χ3v) is 4.32. The van der Waals surface area contributed by atoms with Gasteiger partial charge in [-0.25, -0.2) is 4.79 Å². The summed E-state index contributed by atoms with van der Waals surface area (Å²) in [7, 11) is 1.45. The quantitative estimate of drug-likeness (QED) is 0.815. The van der Waals surface area contributed by atoms with Gasteiger partial charge in [0.15, 0.2) is 0 Å². The lowest BCUT2D eigenvalue weighted by Crippen LogP contribution is -2.41. The van der Waals surface area contributed by atoms with Gasteiger partial charge in [-0.2, -0.15) is 4.68 Å². The fourth-order valence-corrected chi connectivity index (χ4v) is 2.57. The Labute approximate surface area is 138 Å². The predicted molar refractivity (Wildman–Crippen MR) is 86.5 cm³/mol. The minimum atomic E-state index is -0.545. The number of imide groups is 1. The van der Waals surface area contributed by atoms with Crippen molar-refractivity contribution in [3.05, 3.63) is 29.3 Å². The van der Waals surface area contributed by atoms with Gasteiger partial charge in [-0.15, -0.1) is 5.10 Å². The number of hydrogen-bond acceptors (Lipinski definition) is 6. The molecule has 2 N–H and O–H groups in total. The first-order valence-corrected chi connectivity index (χ1v) is 7.85. The molecule has 0 aliphatic carbocycles. The molecule has 0 spiro atoms. The Balaban J connectivity index is 2.16. The number of carbonyl (C=O) groups is 2. The second-order valence-electron chi connectivity index (χ2n) is 4.97. The Morgan fingerprint density at radius 1 is 1.26 bits per heavy atom. The van der Waals surface area contributed by atoms with E-state index in [9.17, 15) is 9.59 Å². The van der Waals surface area contributed by atoms with Crippen LogP contribution in [0.3, 0.4) is 0 Å². The van der Waals surface area contributed by atoms with Crippen molar-refractivity contribution >= 4 is 23.7 Å². The van der Waals surface area contributed by atoms with Gasteiger partial charge in [0.05, 0.1) is 10.9 Å². The first-order chi connectivity index (χ1) is 10.9. The van der Waals surface area contributed by atoms with Crippen molar-refractivity contribution in [2.75, 3.05) is 7.05 Å². The van der Waals surface area contributed by atoms with Crippen LogP contribution in [-0.4, -0.2) is 44.4 Å². The fourth-order valence-electron chi connectivity index (χ4n) is 1.76. The van der Waals surface area contributed by atoms with Gasteiger partial charge in [0.25, 0.3) is 0 Å². The maximum absolute atomic E-state index is 11.9. The van der Waals surface area contributed by atoms with Gasteiger partial charge in [0, 0.05) is 7.05 Å². The van der Waals surface area contributed by atoms with Crippen LogP contribution >= 0.6 is 11.8 Å². The van der Waals surface area contributed by atoms with Gasteiger partial charge in [0.1, 0.15) is 0 Å². The van der Waals surface area contributed by atoms with Crippen LogP contribution in [-0.2, 0) is 4.79 Å². The van der Waals surface area contributed by atoms with E-state index in [1.165, 1.54) is 24.4 Å². The van der Waals surface area contributed by atoms with Crippen molar-refractivity contribution < 1.29 is 9.59 Å². The largest absolute Gasteiger partial charge is 0.341 e. The number of tetrazole rings is 1. The molecule has 9 heteroatoms. The molecule has 1 atom stereocenters. The summed E-state index contributed by atoms with van der Waals surface area (Å²) in [5.74, 6) is -0.413. The molecule has 0 aliphatic rings. The standard InChI is InChI=1S/C14H18N6O2S/c1-8-5-6-11(7-9(8)2)20-14(17-18-19-20)23-10(3)12(21)16-13(22)15-4/h5-7,10H,1-4H3,(H2,15,16,21,22)/t10-/m0/s1. The lowest BCUT2D eigenvalue weighted by molar-refractivity contribution is -0.119. The van der Waals surface area contributed by atoms with E-state index in [1.807, 2.05) is 32.0 Å². The summed E-state index contributed by atoms with van der Waals surface area (Å²) in [6.45, 7) is 5.72. The third-order valence-electron chi connectivity index (χ3n) is 3.29. The average molecular weight is 334 g/mol. The van der Waals surface area contributed by atoms with Gasteiger partial charge in [-0.3, -0.25) is 10.1 Å². The highest BCUT2D eigenvalue weighted by atomic mass is 32.2. The summed E-state index contributed by atoms with van der Waals surface area (Å²) in [6, 6.07) is 5.34. The number of nitrogens with zero attached hydrogens (tertiary/aromatic N) is 4. The number of nitrogens with one attached hydrogen (secondary N) is 2. The van der Waals surface area contributed by atoms with E-state index < -0.39 is 17.2 Å². The van der Waals surface area contributed by atoms with Crippen LogP contribution in [0.4, 0.5) is 4.79 Å². The molecule has 122 valence electrons. The average Bonchev–Trinajstić information content (AvgIpc) is 2.97. The molecular weight excluding hydrogens is 316 g/mol. The molecule has 1 aromatic carbocycles. The summed E-state index contributed by atoms with van der Waals surface area (Å²) in [4.78, 5) is 23.1. The maximum atomic E-state index is 11.9. The Morgan fingerprint density at radius 2 is 2.00 bits per heavy atom. The van der Waals surface area contributed by atoms with E-state index in [0.717, 1.165) is 11.3 Å². The highest BCUT2D eigenvalue weighted by Crippen LogP contribution is 2.23. The molecule has 1 aromatic heterocycles. The van der Waals surface area contributed by atoms with Crippen molar-refractivity contribution in [1.82, 2.24) is 30.8 Å². The lowest BCUT2D eigenvalue weighted by Gasteiger charge is -2.11. The highest BCUT2D eigenvalue weighted by molar-refractivity contribution is 8.00. The van der Waals surface area contributed by atoms with Crippen LogP contribution in [0.1, 0.15) is 18.1 Å². The second-order valence-corrected chi connectivity index (χ2v) is 6.28. The first-order valence-electron chi connectivity index (χ1n) is 6.97. The third kappa shape index (κ3) is 4.07. The molecule has 0 unspecified atom stereocenters. The number of hydrogen-bond donors (Lipinski definition) is 2. The summed E-state index contributed by atoms with van der Waals surface area (Å²) < 4.78 is 1.57. The zero-order valence-corrected chi connectivity index (χ0v) is 14.1. The van der Waals surface area contributed by atoms with Crippen LogP contribution in [0.5, 0.6) is 0 Å². The topological polar surface area (TPSA) is 102 Å². The first kappa shape index (κ1) is 16.9. The van der Waals surface area contributed by atoms with E-state index in [2.05, 4.69) is 26.2 Å². The Hall–Kier alpha value is -2.42. The summed E-state index contributed by atoms with van der Waals surface area (Å²) in [5, 5.41) is 16.1. The molecule has 8 nitrogen and oxygen atoms in total. The molecule has 0 saturated heterocycles.